The molecule has 2 atom stereocenters. The quantitative estimate of drug-likeness (QED) is 0.582. The molecule has 0 amide bonds. The molecule has 2 rings (SSSR count). The van der Waals surface area contributed by atoms with Crippen molar-refractivity contribution < 1.29 is 41.5 Å². The number of hydrogen-bond acceptors (Lipinski definition) is 2. The monoisotopic (exact) mass is 283 g/mol. The van der Waals surface area contributed by atoms with Crippen molar-refractivity contribution in [1.82, 2.24) is 0 Å². The van der Waals surface area contributed by atoms with E-state index < -0.39 is 11.1 Å². The summed E-state index contributed by atoms with van der Waals surface area (Å²) in [6, 6.07) is 8.54. The van der Waals surface area contributed by atoms with E-state index in [9.17, 15) is 8.76 Å². The number of fused-ring (bicyclic) bond motifs is 1. The maximum atomic E-state index is 10.9. The first-order valence-corrected chi connectivity index (χ1v) is 5.50. The molecule has 2 unspecified atom stereocenters. The minimum absolute atomic E-state index is 0. The first-order chi connectivity index (χ1) is 6.29. The maximum Gasteiger partial charge on any atom is 0.00205 e. The zero-order valence-corrected chi connectivity index (χ0v) is 11.4. The summed E-state index contributed by atoms with van der Waals surface area (Å²) in [4.78, 5) is 0. The van der Waals surface area contributed by atoms with Gasteiger partial charge in [-0.2, -0.15) is 29.8 Å². The summed E-state index contributed by atoms with van der Waals surface area (Å²) in [5.74, 6) is 0. The molecule has 1 aromatic rings. The van der Waals surface area contributed by atoms with Gasteiger partial charge in [0.1, 0.15) is 0 Å². The van der Waals surface area contributed by atoms with E-state index in [1.54, 1.807) is 6.07 Å². The van der Waals surface area contributed by atoms with E-state index in [0.29, 0.717) is 0 Å². The Balaban J connectivity index is 0.000000980. The molecule has 14 heavy (non-hydrogen) atoms. The molecule has 0 aliphatic heterocycles. The summed E-state index contributed by atoms with van der Waals surface area (Å²) in [5.41, 5.74) is 2.11. The van der Waals surface area contributed by atoms with Crippen LogP contribution < -0.4 is 0 Å². The van der Waals surface area contributed by atoms with Crippen molar-refractivity contribution in [3.8, 4) is 0 Å². The Morgan fingerprint density at radius 1 is 1.57 bits per heavy atom. The van der Waals surface area contributed by atoms with E-state index >= 15 is 0 Å². The molecular weight excluding hydrogens is 273 g/mol. The Kier molecular flexibility index (Phi) is 4.91. The molecule has 2 nitrogen and oxygen atoms in total. The summed E-state index contributed by atoms with van der Waals surface area (Å²) >= 11 is -1.98. The first-order valence-electron chi connectivity index (χ1n) is 4.36. The van der Waals surface area contributed by atoms with Gasteiger partial charge >= 0.3 is 0 Å². The van der Waals surface area contributed by atoms with Gasteiger partial charge in [-0.3, -0.25) is 4.21 Å². The van der Waals surface area contributed by atoms with Gasteiger partial charge in [-0.15, -0.1) is 5.56 Å². The second-order valence-electron chi connectivity index (χ2n) is 3.27. The van der Waals surface area contributed by atoms with Crippen LogP contribution in [0.4, 0.5) is 0 Å². The zero-order chi connectivity index (χ0) is 9.26. The number of rotatable bonds is 1. The molecule has 1 radical (unpaired) electrons. The van der Waals surface area contributed by atoms with Crippen LogP contribution in [0.15, 0.2) is 18.2 Å². The Labute approximate surface area is 112 Å². The van der Waals surface area contributed by atoms with Gasteiger partial charge in [0.25, 0.3) is 0 Å². The van der Waals surface area contributed by atoms with Crippen molar-refractivity contribution in [3.63, 3.8) is 0 Å². The smallest absolute Gasteiger partial charge is 0.00205 e. The van der Waals surface area contributed by atoms with Gasteiger partial charge in [0.2, 0.25) is 0 Å². The molecular formula is C10H10O2SY-2. The fraction of sp³-hybridized carbons (Fsp3) is 0.400. The van der Waals surface area contributed by atoms with Crippen LogP contribution >= 0.6 is 0 Å². The van der Waals surface area contributed by atoms with Crippen LogP contribution in [-0.2, 0) is 50.2 Å². The van der Waals surface area contributed by atoms with Crippen LogP contribution in [0, 0.1) is 6.07 Å². The van der Waals surface area contributed by atoms with Gasteiger partial charge in [0, 0.05) is 38.0 Å². The number of benzene rings is 1. The second-order valence-corrected chi connectivity index (χ2v) is 4.36. The zero-order valence-electron chi connectivity index (χ0n) is 7.73. The van der Waals surface area contributed by atoms with Gasteiger partial charge in [0.15, 0.2) is 0 Å². The molecule has 4 heteroatoms. The number of aryl methyl sites for hydroxylation is 1. The predicted octanol–water partition coefficient (Wildman–Crippen LogP) is 1.74. The van der Waals surface area contributed by atoms with Gasteiger partial charge in [-0.05, 0) is 6.42 Å². The van der Waals surface area contributed by atoms with Crippen molar-refractivity contribution in [2.75, 3.05) is 0 Å². The second kappa shape index (κ2) is 5.50. The van der Waals surface area contributed by atoms with Crippen molar-refractivity contribution in [2.24, 2.45) is 0 Å². The summed E-state index contributed by atoms with van der Waals surface area (Å²) in [6.07, 6.45) is 2.72. The third-order valence-corrected chi connectivity index (χ3v) is 3.44. The fourth-order valence-corrected chi connectivity index (χ4v) is 2.62. The van der Waals surface area contributed by atoms with Crippen molar-refractivity contribution in [3.05, 3.63) is 35.4 Å². The molecule has 0 spiro atoms. The van der Waals surface area contributed by atoms with Crippen molar-refractivity contribution in [2.45, 2.75) is 24.5 Å². The van der Waals surface area contributed by atoms with Gasteiger partial charge < -0.3 is 4.55 Å². The van der Waals surface area contributed by atoms with Crippen LogP contribution in [0.2, 0.25) is 0 Å². The molecule has 0 fully saturated rings. The standard InChI is InChI=1S/C10H11O2S.Y/c11-13(12)10-7-3-5-8-4-1-2-6-9(8)10;/h1,4,6,10H,3,5,7H2,(H,11,12);/q-1;/p-1. The van der Waals surface area contributed by atoms with Crippen LogP contribution in [0.1, 0.15) is 29.2 Å². The van der Waals surface area contributed by atoms with Crippen LogP contribution in [0.25, 0.3) is 0 Å². The van der Waals surface area contributed by atoms with Gasteiger partial charge in [0.05, 0.1) is 0 Å². The predicted molar refractivity (Wildman–Crippen MR) is 49.9 cm³/mol. The minimum Gasteiger partial charge on any atom is -0.773 e. The molecule has 0 saturated carbocycles. The third kappa shape index (κ3) is 2.51. The van der Waals surface area contributed by atoms with Gasteiger partial charge in [-0.25, -0.2) is 0 Å². The fourth-order valence-electron chi connectivity index (χ4n) is 1.84. The Morgan fingerprint density at radius 2 is 2.36 bits per heavy atom. The third-order valence-electron chi connectivity index (χ3n) is 2.48. The summed E-state index contributed by atoms with van der Waals surface area (Å²) in [6.45, 7) is 0. The normalized spacial score (nSPS) is 21.9. The molecule has 0 saturated heterocycles. The maximum absolute atomic E-state index is 10.9. The molecule has 0 aromatic heterocycles. The molecule has 1 aliphatic rings. The molecule has 1 aromatic carbocycles. The molecule has 0 heterocycles. The van der Waals surface area contributed by atoms with Crippen LogP contribution in [0.3, 0.4) is 0 Å². The average Bonchev–Trinajstić information content (AvgIpc) is 2.17. The van der Waals surface area contributed by atoms with E-state index in [1.165, 1.54) is 5.56 Å². The van der Waals surface area contributed by atoms with Crippen LogP contribution in [0.5, 0.6) is 0 Å². The largest absolute Gasteiger partial charge is 0.773 e. The van der Waals surface area contributed by atoms with E-state index in [-0.39, 0.29) is 38.0 Å². The van der Waals surface area contributed by atoms with Crippen molar-refractivity contribution in [1.29, 1.82) is 0 Å². The number of hydrogen-bond donors (Lipinski definition) is 0. The Hall–Kier alpha value is 0.434. The summed E-state index contributed by atoms with van der Waals surface area (Å²) in [7, 11) is 0. The van der Waals surface area contributed by atoms with Gasteiger partial charge in [-0.1, -0.05) is 23.9 Å². The Bertz CT molecular complexity index is 341. The van der Waals surface area contributed by atoms with E-state index in [2.05, 4.69) is 6.07 Å². The Morgan fingerprint density at radius 3 is 3.07 bits per heavy atom. The molecule has 73 valence electrons. The van der Waals surface area contributed by atoms with E-state index in [0.717, 1.165) is 24.8 Å². The average molecular weight is 283 g/mol. The van der Waals surface area contributed by atoms with E-state index in [1.807, 2.05) is 12.1 Å². The minimum atomic E-state index is -1.98. The SMILES string of the molecule is O=S([O-])C1CCCc2cc[c-]cc21.[Y]. The summed E-state index contributed by atoms with van der Waals surface area (Å²) in [5, 5.41) is -0.304. The van der Waals surface area contributed by atoms with Crippen molar-refractivity contribution >= 4 is 11.1 Å². The first kappa shape index (κ1) is 12.5. The topological polar surface area (TPSA) is 40.1 Å². The molecule has 0 bridgehead atoms. The molecule has 1 aliphatic carbocycles. The van der Waals surface area contributed by atoms with E-state index in [4.69, 9.17) is 0 Å². The molecule has 0 N–H and O–H groups in total. The summed E-state index contributed by atoms with van der Waals surface area (Å²) < 4.78 is 21.8. The van der Waals surface area contributed by atoms with Crippen LogP contribution in [-0.4, -0.2) is 8.76 Å².